The van der Waals surface area contributed by atoms with Crippen LogP contribution in [0.3, 0.4) is 0 Å². The number of halogens is 1. The zero-order valence-corrected chi connectivity index (χ0v) is 11.8. The van der Waals surface area contributed by atoms with Gasteiger partial charge in [-0.25, -0.2) is 0 Å². The monoisotopic (exact) mass is 254 g/mol. The molecule has 1 aromatic carbocycles. The Morgan fingerprint density at radius 3 is 2.31 bits per heavy atom. The summed E-state index contributed by atoms with van der Waals surface area (Å²) in [5.74, 6) is 0. The van der Waals surface area contributed by atoms with Gasteiger partial charge in [0.15, 0.2) is 0 Å². The molecule has 0 radical (unpaired) electrons. The van der Waals surface area contributed by atoms with Crippen LogP contribution in [-0.2, 0) is 0 Å². The molecule has 0 aliphatic rings. The van der Waals surface area contributed by atoms with Gasteiger partial charge in [-0.05, 0) is 24.1 Å². The van der Waals surface area contributed by atoms with E-state index in [0.29, 0.717) is 11.4 Å². The fourth-order valence-corrected chi connectivity index (χ4v) is 2.34. The number of rotatable bonds is 4. The fraction of sp³-hybridized carbons (Fsp3) is 0.385. The summed E-state index contributed by atoms with van der Waals surface area (Å²) in [5.41, 5.74) is 3.18. The highest BCUT2D eigenvalue weighted by Gasteiger charge is 2.08. The molecule has 0 heterocycles. The maximum atomic E-state index is 9.93. The number of hydrogen-bond acceptors (Lipinski definition) is 1. The number of aliphatic hydroxyl groups excluding tert-OH is 1. The molecule has 1 N–H and O–H groups in total. The molecule has 1 unspecified atom stereocenters. The van der Waals surface area contributed by atoms with Gasteiger partial charge in [-0.3, -0.25) is 0 Å². The van der Waals surface area contributed by atoms with Crippen molar-refractivity contribution in [2.24, 2.45) is 0 Å². The first-order valence-electron chi connectivity index (χ1n) is 5.50. The van der Waals surface area contributed by atoms with Gasteiger partial charge in [0.2, 0.25) is 0 Å². The van der Waals surface area contributed by atoms with E-state index in [1.165, 1.54) is 0 Å². The quantitative estimate of drug-likeness (QED) is 0.799. The van der Waals surface area contributed by atoms with Crippen molar-refractivity contribution in [3.8, 4) is 0 Å². The van der Waals surface area contributed by atoms with E-state index < -0.39 is 14.2 Å². The van der Waals surface area contributed by atoms with Crippen LogP contribution in [0.5, 0.6) is 0 Å². The standard InChI is InChI=1S/C13H19ClOSi/c1-16(2,3)10-4-5-13(15)11-6-8-12(14)9-7-11/h4,6-10,13,15H,5H2,1-3H3/b10-4+. The summed E-state index contributed by atoms with van der Waals surface area (Å²) < 4.78 is 0. The van der Waals surface area contributed by atoms with Crippen molar-refractivity contribution in [2.45, 2.75) is 32.2 Å². The van der Waals surface area contributed by atoms with Gasteiger partial charge in [0.05, 0.1) is 14.2 Å². The average molecular weight is 255 g/mol. The van der Waals surface area contributed by atoms with Crippen LogP contribution in [0.2, 0.25) is 24.7 Å². The zero-order chi connectivity index (χ0) is 12.2. The van der Waals surface area contributed by atoms with Crippen molar-refractivity contribution in [2.75, 3.05) is 0 Å². The number of hydrogen-bond donors (Lipinski definition) is 1. The van der Waals surface area contributed by atoms with E-state index in [4.69, 9.17) is 11.6 Å². The summed E-state index contributed by atoms with van der Waals surface area (Å²) >= 11 is 5.79. The van der Waals surface area contributed by atoms with E-state index >= 15 is 0 Å². The predicted octanol–water partition coefficient (Wildman–Crippen LogP) is 4.20. The zero-order valence-electron chi connectivity index (χ0n) is 10.1. The van der Waals surface area contributed by atoms with E-state index in [2.05, 4.69) is 31.4 Å². The van der Waals surface area contributed by atoms with Crippen LogP contribution in [-0.4, -0.2) is 13.2 Å². The maximum Gasteiger partial charge on any atom is 0.0824 e. The van der Waals surface area contributed by atoms with Crippen molar-refractivity contribution in [3.05, 3.63) is 46.6 Å². The molecule has 0 aromatic heterocycles. The minimum Gasteiger partial charge on any atom is -0.388 e. The molecule has 1 atom stereocenters. The molecule has 0 saturated heterocycles. The molecule has 0 spiro atoms. The van der Waals surface area contributed by atoms with Gasteiger partial charge < -0.3 is 5.11 Å². The molecule has 0 amide bonds. The highest BCUT2D eigenvalue weighted by Crippen LogP contribution is 2.19. The van der Waals surface area contributed by atoms with E-state index in [-0.39, 0.29) is 0 Å². The van der Waals surface area contributed by atoms with Crippen molar-refractivity contribution < 1.29 is 5.11 Å². The minimum absolute atomic E-state index is 0.426. The van der Waals surface area contributed by atoms with Crippen LogP contribution in [0.1, 0.15) is 18.1 Å². The topological polar surface area (TPSA) is 20.2 Å². The summed E-state index contributed by atoms with van der Waals surface area (Å²) in [6.07, 6.45) is 2.34. The first-order chi connectivity index (χ1) is 7.38. The molecule has 0 saturated carbocycles. The molecule has 1 aromatic rings. The van der Waals surface area contributed by atoms with E-state index in [0.717, 1.165) is 5.56 Å². The lowest BCUT2D eigenvalue weighted by Crippen LogP contribution is -2.15. The Bertz CT molecular complexity index is 351. The first kappa shape index (κ1) is 13.5. The van der Waals surface area contributed by atoms with Crippen LogP contribution in [0, 0.1) is 0 Å². The Kier molecular flexibility index (Phi) is 4.78. The third-order valence-electron chi connectivity index (χ3n) is 2.23. The molecule has 0 fully saturated rings. The van der Waals surface area contributed by atoms with Crippen LogP contribution in [0.25, 0.3) is 0 Å². The smallest absolute Gasteiger partial charge is 0.0824 e. The molecule has 1 rings (SSSR count). The minimum atomic E-state index is -1.15. The Hall–Kier alpha value is -0.573. The third-order valence-corrected chi connectivity index (χ3v) is 3.72. The van der Waals surface area contributed by atoms with Gasteiger partial charge in [0.1, 0.15) is 0 Å². The van der Waals surface area contributed by atoms with Crippen molar-refractivity contribution in [1.82, 2.24) is 0 Å². The van der Waals surface area contributed by atoms with Gasteiger partial charge >= 0.3 is 0 Å². The second kappa shape index (κ2) is 5.67. The van der Waals surface area contributed by atoms with Crippen LogP contribution in [0.15, 0.2) is 36.0 Å². The second-order valence-electron chi connectivity index (χ2n) is 5.07. The lowest BCUT2D eigenvalue weighted by Gasteiger charge is -2.11. The average Bonchev–Trinajstić information content (AvgIpc) is 2.16. The fourth-order valence-electron chi connectivity index (χ4n) is 1.37. The molecule has 0 aliphatic carbocycles. The van der Waals surface area contributed by atoms with Gasteiger partial charge in [0, 0.05) is 5.02 Å². The van der Waals surface area contributed by atoms with Crippen molar-refractivity contribution in [3.63, 3.8) is 0 Å². The van der Waals surface area contributed by atoms with E-state index in [9.17, 15) is 5.11 Å². The van der Waals surface area contributed by atoms with Crippen molar-refractivity contribution in [1.29, 1.82) is 0 Å². The highest BCUT2D eigenvalue weighted by atomic mass is 35.5. The van der Waals surface area contributed by atoms with Crippen LogP contribution in [0.4, 0.5) is 0 Å². The summed E-state index contributed by atoms with van der Waals surface area (Å²) in [7, 11) is -1.15. The maximum absolute atomic E-state index is 9.93. The summed E-state index contributed by atoms with van der Waals surface area (Å²) in [6, 6.07) is 7.36. The van der Waals surface area contributed by atoms with E-state index in [1.807, 2.05) is 24.3 Å². The van der Waals surface area contributed by atoms with Gasteiger partial charge in [0.25, 0.3) is 0 Å². The Labute approximate surface area is 104 Å². The molecule has 16 heavy (non-hydrogen) atoms. The second-order valence-corrected chi connectivity index (χ2v) is 10.6. The lowest BCUT2D eigenvalue weighted by atomic mass is 10.1. The Morgan fingerprint density at radius 2 is 1.81 bits per heavy atom. The molecule has 1 nitrogen and oxygen atoms in total. The van der Waals surface area contributed by atoms with Gasteiger partial charge in [-0.2, -0.15) is 0 Å². The lowest BCUT2D eigenvalue weighted by molar-refractivity contribution is 0.181. The number of benzene rings is 1. The third kappa shape index (κ3) is 4.97. The summed E-state index contributed by atoms with van der Waals surface area (Å²) in [5, 5.41) is 10.6. The Morgan fingerprint density at radius 1 is 1.25 bits per heavy atom. The Balaban J connectivity index is 2.56. The summed E-state index contributed by atoms with van der Waals surface area (Å²) in [6.45, 7) is 6.83. The first-order valence-corrected chi connectivity index (χ1v) is 9.45. The molecule has 88 valence electrons. The summed E-state index contributed by atoms with van der Waals surface area (Å²) in [4.78, 5) is 0. The highest BCUT2D eigenvalue weighted by molar-refractivity contribution is 6.80. The van der Waals surface area contributed by atoms with Crippen LogP contribution < -0.4 is 0 Å². The molecule has 0 aliphatic heterocycles. The predicted molar refractivity (Wildman–Crippen MR) is 73.5 cm³/mol. The van der Waals surface area contributed by atoms with Gasteiger partial charge in [-0.15, -0.1) is 0 Å². The number of aliphatic hydroxyl groups is 1. The largest absolute Gasteiger partial charge is 0.388 e. The molecular formula is C13H19ClOSi. The van der Waals surface area contributed by atoms with Crippen molar-refractivity contribution >= 4 is 19.7 Å². The normalized spacial score (nSPS) is 14.3. The molecular weight excluding hydrogens is 236 g/mol. The molecule has 0 bridgehead atoms. The van der Waals surface area contributed by atoms with Gasteiger partial charge in [-0.1, -0.05) is 55.2 Å². The molecule has 3 heteroatoms. The SMILES string of the molecule is C[Si](C)(C)/C=C/CC(O)c1ccc(Cl)cc1. The van der Waals surface area contributed by atoms with E-state index in [1.54, 1.807) is 0 Å². The van der Waals surface area contributed by atoms with Crippen LogP contribution >= 0.6 is 11.6 Å².